The molecular weight excluding hydrogens is 196 g/mol. The first-order chi connectivity index (χ1) is 7.79. The van der Waals surface area contributed by atoms with E-state index >= 15 is 0 Å². The minimum Gasteiger partial charge on any atom is -0.330 e. The van der Waals surface area contributed by atoms with Crippen molar-refractivity contribution in [3.05, 3.63) is 0 Å². The third-order valence-corrected chi connectivity index (χ3v) is 4.75. The summed E-state index contributed by atoms with van der Waals surface area (Å²) >= 11 is 0. The number of piperidine rings is 1. The van der Waals surface area contributed by atoms with E-state index in [1.165, 1.54) is 58.0 Å². The van der Waals surface area contributed by atoms with Crippen molar-refractivity contribution in [2.45, 2.75) is 57.9 Å². The molecule has 0 bridgehead atoms. The summed E-state index contributed by atoms with van der Waals surface area (Å²) < 4.78 is 0. The molecule has 1 saturated carbocycles. The molecule has 2 rings (SSSR count). The Hall–Kier alpha value is -0.0800. The van der Waals surface area contributed by atoms with Gasteiger partial charge in [-0.3, -0.25) is 0 Å². The third kappa shape index (κ3) is 3.21. The van der Waals surface area contributed by atoms with Crippen LogP contribution >= 0.6 is 0 Å². The number of nitrogens with two attached hydrogens (primary N) is 1. The van der Waals surface area contributed by atoms with Gasteiger partial charge in [-0.2, -0.15) is 0 Å². The second kappa shape index (κ2) is 6.02. The van der Waals surface area contributed by atoms with Gasteiger partial charge in [-0.1, -0.05) is 19.3 Å². The fraction of sp³-hybridized carbons (Fsp3) is 1.00. The zero-order valence-electron chi connectivity index (χ0n) is 10.8. The average Bonchev–Trinajstić information content (AvgIpc) is 2.25. The van der Waals surface area contributed by atoms with Crippen LogP contribution in [0.4, 0.5) is 0 Å². The molecule has 0 aromatic carbocycles. The van der Waals surface area contributed by atoms with Crippen molar-refractivity contribution in [3.63, 3.8) is 0 Å². The van der Waals surface area contributed by atoms with E-state index < -0.39 is 0 Å². The summed E-state index contributed by atoms with van der Waals surface area (Å²) in [5, 5.41) is 0. The van der Waals surface area contributed by atoms with E-state index in [1.807, 2.05) is 0 Å². The van der Waals surface area contributed by atoms with Crippen LogP contribution in [0.15, 0.2) is 0 Å². The van der Waals surface area contributed by atoms with E-state index in [4.69, 9.17) is 5.73 Å². The topological polar surface area (TPSA) is 29.3 Å². The number of likely N-dealkylation sites (tertiary alicyclic amines) is 1. The van der Waals surface area contributed by atoms with Gasteiger partial charge in [0.05, 0.1) is 0 Å². The summed E-state index contributed by atoms with van der Waals surface area (Å²) in [6, 6.07) is 0.823. The van der Waals surface area contributed by atoms with Crippen molar-refractivity contribution >= 4 is 0 Å². The molecule has 0 aromatic heterocycles. The minimum atomic E-state index is 0.823. The van der Waals surface area contributed by atoms with Gasteiger partial charge in [-0.25, -0.2) is 0 Å². The van der Waals surface area contributed by atoms with Crippen molar-refractivity contribution in [2.24, 2.45) is 17.6 Å². The van der Waals surface area contributed by atoms with Crippen LogP contribution in [0.5, 0.6) is 0 Å². The lowest BCUT2D eigenvalue weighted by Gasteiger charge is -2.39. The maximum Gasteiger partial charge on any atom is 0.00695 e. The van der Waals surface area contributed by atoms with E-state index in [-0.39, 0.29) is 0 Å². The first-order valence-corrected chi connectivity index (χ1v) is 7.23. The largest absolute Gasteiger partial charge is 0.330 e. The molecule has 1 atom stereocenters. The molecule has 2 N–H and O–H groups in total. The Kier molecular flexibility index (Phi) is 4.66. The summed E-state index contributed by atoms with van der Waals surface area (Å²) in [4.78, 5) is 2.71. The van der Waals surface area contributed by atoms with Crippen LogP contribution < -0.4 is 5.73 Å². The summed E-state index contributed by atoms with van der Waals surface area (Å²) in [6.07, 6.45) is 9.92. The van der Waals surface area contributed by atoms with Crippen molar-refractivity contribution in [3.8, 4) is 0 Å². The van der Waals surface area contributed by atoms with Gasteiger partial charge < -0.3 is 10.6 Å². The zero-order chi connectivity index (χ0) is 11.4. The van der Waals surface area contributed by atoms with Crippen LogP contribution in [0.25, 0.3) is 0 Å². The lowest BCUT2D eigenvalue weighted by molar-refractivity contribution is 0.109. The van der Waals surface area contributed by atoms with Gasteiger partial charge in [0.1, 0.15) is 0 Å². The Labute approximate surface area is 101 Å². The van der Waals surface area contributed by atoms with Crippen molar-refractivity contribution in [1.29, 1.82) is 0 Å². The highest BCUT2D eigenvalue weighted by atomic mass is 15.2. The van der Waals surface area contributed by atoms with E-state index in [1.54, 1.807) is 0 Å². The fourth-order valence-corrected chi connectivity index (χ4v) is 3.28. The molecule has 0 radical (unpaired) electrons. The van der Waals surface area contributed by atoms with Crippen molar-refractivity contribution < 1.29 is 0 Å². The highest BCUT2D eigenvalue weighted by Gasteiger charge is 2.26. The highest BCUT2D eigenvalue weighted by molar-refractivity contribution is 4.80. The van der Waals surface area contributed by atoms with E-state index in [2.05, 4.69) is 11.8 Å². The smallest absolute Gasteiger partial charge is 0.00695 e. The maximum absolute atomic E-state index is 5.63. The Morgan fingerprint density at radius 3 is 2.31 bits per heavy atom. The summed E-state index contributed by atoms with van der Waals surface area (Å²) in [5.41, 5.74) is 5.63. The van der Waals surface area contributed by atoms with E-state index in [0.717, 1.165) is 24.4 Å². The Bertz CT molecular complexity index is 193. The molecule has 94 valence electrons. The predicted octanol–water partition coefficient (Wildman–Crippen LogP) is 2.63. The molecule has 16 heavy (non-hydrogen) atoms. The number of nitrogens with zero attached hydrogens (tertiary/aromatic N) is 1. The van der Waals surface area contributed by atoms with Gasteiger partial charge in [-0.05, 0) is 64.1 Å². The Morgan fingerprint density at radius 1 is 1.12 bits per heavy atom. The SMILES string of the molecule is CC(CC1CCC1)N1CCC(CCN)CC1. The minimum absolute atomic E-state index is 0.823. The van der Waals surface area contributed by atoms with Crippen LogP contribution in [0, 0.1) is 11.8 Å². The fourth-order valence-electron chi connectivity index (χ4n) is 3.28. The average molecular weight is 224 g/mol. The highest BCUT2D eigenvalue weighted by Crippen LogP contribution is 2.32. The Morgan fingerprint density at radius 2 is 1.81 bits per heavy atom. The number of hydrogen-bond acceptors (Lipinski definition) is 2. The van der Waals surface area contributed by atoms with Gasteiger partial charge in [0.25, 0.3) is 0 Å². The molecule has 1 aliphatic carbocycles. The molecule has 0 amide bonds. The third-order valence-electron chi connectivity index (χ3n) is 4.75. The van der Waals surface area contributed by atoms with Crippen molar-refractivity contribution in [1.82, 2.24) is 4.90 Å². The quantitative estimate of drug-likeness (QED) is 0.778. The molecule has 2 heteroatoms. The predicted molar refractivity (Wildman–Crippen MR) is 69.4 cm³/mol. The zero-order valence-corrected chi connectivity index (χ0v) is 10.8. The molecule has 2 aliphatic rings. The number of hydrogen-bond donors (Lipinski definition) is 1. The molecule has 1 saturated heterocycles. The van der Waals surface area contributed by atoms with Crippen LogP contribution in [-0.2, 0) is 0 Å². The molecule has 1 heterocycles. The molecule has 0 aromatic rings. The van der Waals surface area contributed by atoms with E-state index in [0.29, 0.717) is 0 Å². The Balaban J connectivity index is 1.66. The maximum atomic E-state index is 5.63. The van der Waals surface area contributed by atoms with Crippen LogP contribution in [-0.4, -0.2) is 30.6 Å². The van der Waals surface area contributed by atoms with Crippen LogP contribution in [0.1, 0.15) is 51.9 Å². The second-order valence-corrected chi connectivity index (χ2v) is 5.94. The number of rotatable bonds is 5. The first-order valence-electron chi connectivity index (χ1n) is 7.23. The van der Waals surface area contributed by atoms with E-state index in [9.17, 15) is 0 Å². The van der Waals surface area contributed by atoms with Crippen LogP contribution in [0.2, 0.25) is 0 Å². The molecule has 2 nitrogen and oxygen atoms in total. The second-order valence-electron chi connectivity index (χ2n) is 5.94. The molecule has 1 aliphatic heterocycles. The van der Waals surface area contributed by atoms with Gasteiger partial charge in [0.2, 0.25) is 0 Å². The molecule has 0 spiro atoms. The molecule has 2 fully saturated rings. The van der Waals surface area contributed by atoms with Gasteiger partial charge in [-0.15, -0.1) is 0 Å². The monoisotopic (exact) mass is 224 g/mol. The van der Waals surface area contributed by atoms with Crippen molar-refractivity contribution in [2.75, 3.05) is 19.6 Å². The standard InChI is InChI=1S/C14H28N2/c1-12(11-14-3-2-4-14)16-9-6-13(5-8-15)7-10-16/h12-14H,2-11,15H2,1H3. The van der Waals surface area contributed by atoms with Gasteiger partial charge in [0, 0.05) is 6.04 Å². The molecular formula is C14H28N2. The van der Waals surface area contributed by atoms with Gasteiger partial charge >= 0.3 is 0 Å². The first kappa shape index (κ1) is 12.4. The van der Waals surface area contributed by atoms with Crippen LogP contribution in [0.3, 0.4) is 0 Å². The summed E-state index contributed by atoms with van der Waals surface area (Å²) in [5.74, 6) is 1.97. The normalized spacial score (nSPS) is 26.6. The summed E-state index contributed by atoms with van der Waals surface area (Å²) in [6.45, 7) is 5.95. The van der Waals surface area contributed by atoms with Gasteiger partial charge in [0.15, 0.2) is 0 Å². The lowest BCUT2D eigenvalue weighted by Crippen LogP contribution is -2.41. The molecule has 1 unspecified atom stereocenters. The lowest BCUT2D eigenvalue weighted by atomic mass is 9.80. The summed E-state index contributed by atoms with van der Waals surface area (Å²) in [7, 11) is 0.